The molecule has 0 saturated carbocycles. The number of aromatic nitrogens is 4. The number of anilines is 1. The molecule has 0 spiro atoms. The van der Waals surface area contributed by atoms with E-state index in [1.54, 1.807) is 29.2 Å². The fourth-order valence-corrected chi connectivity index (χ4v) is 3.73. The normalized spacial score (nSPS) is 19.1. The lowest BCUT2D eigenvalue weighted by Gasteiger charge is -2.35. The summed E-state index contributed by atoms with van der Waals surface area (Å²) in [6.07, 6.45) is -0.0818. The van der Waals surface area contributed by atoms with Crippen LogP contribution < -0.4 is 5.32 Å². The molecule has 1 aliphatic rings. The molecule has 9 nitrogen and oxygen atoms in total. The molecule has 0 bridgehead atoms. The third-order valence-electron chi connectivity index (χ3n) is 4.93. The number of rotatable bonds is 3. The molecule has 2 aromatic heterocycles. The topological polar surface area (TPSA) is 102 Å². The molecule has 2 atom stereocenters. The third kappa shape index (κ3) is 3.88. The van der Waals surface area contributed by atoms with Crippen LogP contribution in [0.25, 0.3) is 5.78 Å². The van der Waals surface area contributed by atoms with Gasteiger partial charge in [-0.2, -0.15) is 4.98 Å². The Bertz CT molecular complexity index is 1120. The van der Waals surface area contributed by atoms with Crippen molar-refractivity contribution >= 4 is 23.3 Å². The predicted octanol–water partition coefficient (Wildman–Crippen LogP) is 2.24. The summed E-state index contributed by atoms with van der Waals surface area (Å²) in [7, 11) is 0. The van der Waals surface area contributed by atoms with Crippen molar-refractivity contribution in [3.63, 3.8) is 0 Å². The SMILES string of the molecule is Cc1cc(C)n2nc(C(=O)Nc3ccccc3C(=O)N3C[C@@H](C)O[C@H](C)C3)nc2n1. The van der Waals surface area contributed by atoms with E-state index in [0.717, 1.165) is 11.4 Å². The van der Waals surface area contributed by atoms with Crippen LogP contribution in [-0.4, -0.2) is 61.6 Å². The summed E-state index contributed by atoms with van der Waals surface area (Å²) in [5.74, 6) is -0.295. The van der Waals surface area contributed by atoms with Crippen LogP contribution in [-0.2, 0) is 4.74 Å². The summed E-state index contributed by atoms with van der Waals surface area (Å²) in [5, 5.41) is 7.03. The minimum Gasteiger partial charge on any atom is -0.372 e. The molecular formula is C21H24N6O3. The Morgan fingerprint density at radius 2 is 1.80 bits per heavy atom. The first-order valence-corrected chi connectivity index (χ1v) is 9.88. The Kier molecular flexibility index (Phi) is 5.21. The minimum absolute atomic E-state index is 0.00734. The summed E-state index contributed by atoms with van der Waals surface area (Å²) in [6.45, 7) is 8.62. The van der Waals surface area contributed by atoms with Crippen molar-refractivity contribution in [3.05, 3.63) is 53.1 Å². The number of morpholine rings is 1. The standard InChI is InChI=1S/C21H24N6O3/c1-12-9-13(2)27-21(22-12)24-18(25-27)19(28)23-17-8-6-5-7-16(17)20(29)26-10-14(3)30-15(4)11-26/h5-9,14-15H,10-11H2,1-4H3,(H,23,28)/t14-,15-/m1/s1. The highest BCUT2D eigenvalue weighted by Crippen LogP contribution is 2.21. The molecule has 30 heavy (non-hydrogen) atoms. The molecule has 1 saturated heterocycles. The average molecular weight is 408 g/mol. The van der Waals surface area contributed by atoms with Gasteiger partial charge in [-0.05, 0) is 45.9 Å². The van der Waals surface area contributed by atoms with Crippen molar-refractivity contribution in [2.45, 2.75) is 39.9 Å². The largest absolute Gasteiger partial charge is 0.372 e. The second-order valence-electron chi connectivity index (χ2n) is 7.65. The second kappa shape index (κ2) is 7.83. The average Bonchev–Trinajstić information content (AvgIpc) is 3.12. The van der Waals surface area contributed by atoms with Crippen LogP contribution in [0.1, 0.15) is 46.2 Å². The first kappa shape index (κ1) is 20.0. The van der Waals surface area contributed by atoms with Gasteiger partial charge in [-0.15, -0.1) is 5.10 Å². The molecule has 1 N–H and O–H groups in total. The van der Waals surface area contributed by atoms with E-state index in [1.165, 1.54) is 4.52 Å². The van der Waals surface area contributed by atoms with Gasteiger partial charge in [0.2, 0.25) is 5.82 Å². The lowest BCUT2D eigenvalue weighted by Crippen LogP contribution is -2.48. The summed E-state index contributed by atoms with van der Waals surface area (Å²) in [4.78, 5) is 36.2. The van der Waals surface area contributed by atoms with E-state index in [2.05, 4.69) is 20.4 Å². The molecule has 156 valence electrons. The van der Waals surface area contributed by atoms with E-state index in [1.807, 2.05) is 33.8 Å². The number of carbonyl (C=O) groups excluding carboxylic acids is 2. The van der Waals surface area contributed by atoms with E-state index in [4.69, 9.17) is 4.74 Å². The molecule has 9 heteroatoms. The van der Waals surface area contributed by atoms with Crippen molar-refractivity contribution in [1.82, 2.24) is 24.5 Å². The predicted molar refractivity (Wildman–Crippen MR) is 111 cm³/mol. The Labute approximate surface area is 174 Å². The van der Waals surface area contributed by atoms with E-state index >= 15 is 0 Å². The second-order valence-corrected chi connectivity index (χ2v) is 7.65. The van der Waals surface area contributed by atoms with Crippen molar-refractivity contribution < 1.29 is 14.3 Å². The van der Waals surface area contributed by atoms with Gasteiger partial charge in [0, 0.05) is 24.5 Å². The van der Waals surface area contributed by atoms with Gasteiger partial charge in [-0.25, -0.2) is 9.50 Å². The van der Waals surface area contributed by atoms with E-state index < -0.39 is 5.91 Å². The van der Waals surface area contributed by atoms with E-state index in [0.29, 0.717) is 30.1 Å². The zero-order chi connectivity index (χ0) is 21.4. The molecule has 1 aromatic carbocycles. The van der Waals surface area contributed by atoms with Crippen molar-refractivity contribution in [3.8, 4) is 0 Å². The summed E-state index contributed by atoms with van der Waals surface area (Å²) in [6, 6.07) is 8.80. The molecule has 0 aliphatic carbocycles. The number of aryl methyl sites for hydroxylation is 2. The number of para-hydroxylation sites is 1. The third-order valence-corrected chi connectivity index (χ3v) is 4.93. The summed E-state index contributed by atoms with van der Waals surface area (Å²) >= 11 is 0. The lowest BCUT2D eigenvalue weighted by molar-refractivity contribution is -0.0585. The minimum atomic E-state index is -0.499. The Morgan fingerprint density at radius 1 is 1.10 bits per heavy atom. The van der Waals surface area contributed by atoms with Gasteiger partial charge in [0.15, 0.2) is 0 Å². The number of nitrogens with one attached hydrogen (secondary N) is 1. The fourth-order valence-electron chi connectivity index (χ4n) is 3.73. The van der Waals surface area contributed by atoms with Crippen LogP contribution in [0.15, 0.2) is 30.3 Å². The highest BCUT2D eigenvalue weighted by atomic mass is 16.5. The number of benzene rings is 1. The van der Waals surface area contributed by atoms with Gasteiger partial charge in [0.25, 0.3) is 17.6 Å². The number of hydrogen-bond acceptors (Lipinski definition) is 6. The maximum absolute atomic E-state index is 13.1. The number of hydrogen-bond donors (Lipinski definition) is 1. The first-order chi connectivity index (χ1) is 14.3. The number of fused-ring (bicyclic) bond motifs is 1. The van der Waals surface area contributed by atoms with Crippen LogP contribution in [0.2, 0.25) is 0 Å². The van der Waals surface area contributed by atoms with Gasteiger partial charge >= 0.3 is 0 Å². The van der Waals surface area contributed by atoms with Crippen LogP contribution in [0.5, 0.6) is 0 Å². The molecule has 0 radical (unpaired) electrons. The number of ether oxygens (including phenoxy) is 1. The molecule has 1 aliphatic heterocycles. The van der Waals surface area contributed by atoms with Crippen LogP contribution in [0.4, 0.5) is 5.69 Å². The number of carbonyl (C=O) groups is 2. The Balaban J connectivity index is 1.59. The highest BCUT2D eigenvalue weighted by Gasteiger charge is 2.28. The first-order valence-electron chi connectivity index (χ1n) is 9.88. The van der Waals surface area contributed by atoms with Crippen molar-refractivity contribution in [2.75, 3.05) is 18.4 Å². The zero-order valence-corrected chi connectivity index (χ0v) is 17.4. The van der Waals surface area contributed by atoms with Gasteiger partial charge in [-0.1, -0.05) is 12.1 Å². The molecule has 0 unspecified atom stereocenters. The van der Waals surface area contributed by atoms with Gasteiger partial charge in [0.1, 0.15) is 0 Å². The Hall–Kier alpha value is -3.33. The van der Waals surface area contributed by atoms with Crippen LogP contribution in [0, 0.1) is 13.8 Å². The van der Waals surface area contributed by atoms with Crippen molar-refractivity contribution in [1.29, 1.82) is 0 Å². The fraction of sp³-hybridized carbons (Fsp3) is 0.381. The van der Waals surface area contributed by atoms with Crippen LogP contribution in [0.3, 0.4) is 0 Å². The highest BCUT2D eigenvalue weighted by molar-refractivity contribution is 6.07. The maximum atomic E-state index is 13.1. The van der Waals surface area contributed by atoms with E-state index in [-0.39, 0.29) is 23.9 Å². The monoisotopic (exact) mass is 408 g/mol. The number of nitrogens with zero attached hydrogens (tertiary/aromatic N) is 5. The molecule has 3 heterocycles. The summed E-state index contributed by atoms with van der Waals surface area (Å²) < 4.78 is 7.24. The van der Waals surface area contributed by atoms with Crippen molar-refractivity contribution in [2.24, 2.45) is 0 Å². The quantitative estimate of drug-likeness (QED) is 0.713. The lowest BCUT2D eigenvalue weighted by atomic mass is 10.1. The zero-order valence-electron chi connectivity index (χ0n) is 17.4. The molecule has 4 rings (SSSR count). The van der Waals surface area contributed by atoms with Gasteiger partial charge in [-0.3, -0.25) is 9.59 Å². The molecular weight excluding hydrogens is 384 g/mol. The smallest absolute Gasteiger partial charge is 0.295 e. The van der Waals surface area contributed by atoms with E-state index in [9.17, 15) is 9.59 Å². The maximum Gasteiger partial charge on any atom is 0.295 e. The van der Waals surface area contributed by atoms with Gasteiger partial charge in [0.05, 0.1) is 23.5 Å². The number of amides is 2. The molecule has 2 amide bonds. The molecule has 1 fully saturated rings. The molecule has 3 aromatic rings. The summed E-state index contributed by atoms with van der Waals surface area (Å²) in [5.41, 5.74) is 2.46. The van der Waals surface area contributed by atoms with Gasteiger partial charge < -0.3 is 15.0 Å². The van der Waals surface area contributed by atoms with Crippen LogP contribution >= 0.6 is 0 Å². The Morgan fingerprint density at radius 3 is 2.53 bits per heavy atom.